The fraction of sp³-hybridized carbons (Fsp3) is 0.364. The molecule has 0 radical (unpaired) electrons. The van der Waals surface area contributed by atoms with Gasteiger partial charge in [-0.2, -0.15) is 0 Å². The van der Waals surface area contributed by atoms with Gasteiger partial charge in [0, 0.05) is 4.47 Å². The first kappa shape index (κ1) is 12.2. The topological polar surface area (TPSA) is 26.3 Å². The maximum absolute atomic E-state index is 13.6. The zero-order valence-electron chi connectivity index (χ0n) is 8.64. The van der Waals surface area contributed by atoms with E-state index in [-0.39, 0.29) is 12.2 Å². The van der Waals surface area contributed by atoms with Crippen LogP contribution in [0.25, 0.3) is 0 Å². The number of hydrogen-bond acceptors (Lipinski definition) is 2. The molecule has 1 aromatic carbocycles. The quantitative estimate of drug-likeness (QED) is 0.793. The highest BCUT2D eigenvalue weighted by Gasteiger charge is 2.12. The van der Waals surface area contributed by atoms with Gasteiger partial charge in [0.2, 0.25) is 0 Å². The van der Waals surface area contributed by atoms with Crippen LogP contribution in [-0.4, -0.2) is 12.6 Å². The van der Waals surface area contributed by atoms with Crippen molar-refractivity contribution < 1.29 is 13.9 Å². The van der Waals surface area contributed by atoms with Crippen LogP contribution in [0, 0.1) is 12.7 Å². The molecule has 0 bridgehead atoms. The van der Waals surface area contributed by atoms with Gasteiger partial charge in [0.15, 0.2) is 0 Å². The van der Waals surface area contributed by atoms with E-state index >= 15 is 0 Å². The minimum atomic E-state index is -0.405. The van der Waals surface area contributed by atoms with Gasteiger partial charge in [-0.1, -0.05) is 22.0 Å². The molecule has 0 aromatic heterocycles. The van der Waals surface area contributed by atoms with E-state index in [0.717, 1.165) is 0 Å². The highest BCUT2D eigenvalue weighted by atomic mass is 79.9. The first-order chi connectivity index (χ1) is 7.06. The summed E-state index contributed by atoms with van der Waals surface area (Å²) in [6.45, 7) is 3.70. The maximum atomic E-state index is 13.6. The molecule has 0 spiro atoms. The molecule has 0 unspecified atom stereocenters. The van der Waals surface area contributed by atoms with Gasteiger partial charge in [0.1, 0.15) is 5.82 Å². The summed E-state index contributed by atoms with van der Waals surface area (Å²) in [7, 11) is 0. The Morgan fingerprint density at radius 3 is 2.80 bits per heavy atom. The van der Waals surface area contributed by atoms with Gasteiger partial charge in [-0.05, 0) is 31.0 Å². The highest BCUT2D eigenvalue weighted by molar-refractivity contribution is 9.10. The fourth-order valence-electron chi connectivity index (χ4n) is 1.22. The third-order valence-electron chi connectivity index (χ3n) is 2.04. The van der Waals surface area contributed by atoms with Gasteiger partial charge in [-0.15, -0.1) is 0 Å². The van der Waals surface area contributed by atoms with E-state index in [1.165, 1.54) is 0 Å². The van der Waals surface area contributed by atoms with Gasteiger partial charge in [-0.25, -0.2) is 4.39 Å². The van der Waals surface area contributed by atoms with Gasteiger partial charge >= 0.3 is 5.97 Å². The number of hydrogen-bond donors (Lipinski definition) is 0. The number of ether oxygens (including phenoxy) is 1. The monoisotopic (exact) mass is 274 g/mol. The molecule has 0 aliphatic carbocycles. The van der Waals surface area contributed by atoms with Crippen LogP contribution in [-0.2, 0) is 16.0 Å². The largest absolute Gasteiger partial charge is 0.466 e. The van der Waals surface area contributed by atoms with Gasteiger partial charge in [0.25, 0.3) is 0 Å². The number of benzene rings is 1. The molecular formula is C11H12BrFO2. The van der Waals surface area contributed by atoms with Crippen LogP contribution in [0.2, 0.25) is 0 Å². The lowest BCUT2D eigenvalue weighted by Crippen LogP contribution is -2.09. The Bertz CT molecular complexity index is 377. The first-order valence-electron chi connectivity index (χ1n) is 4.65. The standard InChI is InChI=1S/C11H12BrFO2/c1-3-15-10(14)6-8-4-5-9(12)7(2)11(8)13/h4-5H,3,6H2,1-2H3. The molecule has 1 aromatic rings. The number of carbonyl (C=O) groups excluding carboxylic acids is 1. The summed E-state index contributed by atoms with van der Waals surface area (Å²) < 4.78 is 19.1. The molecule has 0 atom stereocenters. The highest BCUT2D eigenvalue weighted by Crippen LogP contribution is 2.22. The van der Waals surface area contributed by atoms with Gasteiger partial charge < -0.3 is 4.74 Å². The van der Waals surface area contributed by atoms with Crippen molar-refractivity contribution in [1.82, 2.24) is 0 Å². The normalized spacial score (nSPS) is 10.1. The maximum Gasteiger partial charge on any atom is 0.310 e. The van der Waals surface area contributed by atoms with Crippen molar-refractivity contribution in [3.63, 3.8) is 0 Å². The summed E-state index contributed by atoms with van der Waals surface area (Å²) in [5, 5.41) is 0. The molecule has 0 aliphatic rings. The van der Waals surface area contributed by atoms with Crippen LogP contribution in [0.1, 0.15) is 18.1 Å². The second kappa shape index (κ2) is 5.26. The first-order valence-corrected chi connectivity index (χ1v) is 5.44. The van der Waals surface area contributed by atoms with Crippen molar-refractivity contribution in [2.45, 2.75) is 20.3 Å². The Balaban J connectivity index is 2.87. The van der Waals surface area contributed by atoms with Crippen molar-refractivity contribution in [2.24, 2.45) is 0 Å². The average Bonchev–Trinajstić information content (AvgIpc) is 2.20. The van der Waals surface area contributed by atoms with E-state index in [4.69, 9.17) is 4.74 Å². The smallest absolute Gasteiger partial charge is 0.310 e. The molecule has 15 heavy (non-hydrogen) atoms. The van der Waals surface area contributed by atoms with E-state index in [0.29, 0.717) is 22.2 Å². The molecule has 0 fully saturated rings. The van der Waals surface area contributed by atoms with Crippen LogP contribution in [0.4, 0.5) is 4.39 Å². The molecule has 82 valence electrons. The van der Waals surface area contributed by atoms with E-state index in [1.54, 1.807) is 26.0 Å². The average molecular weight is 275 g/mol. The summed E-state index contributed by atoms with van der Waals surface area (Å²) >= 11 is 3.22. The van der Waals surface area contributed by atoms with Crippen LogP contribution in [0.15, 0.2) is 16.6 Å². The Morgan fingerprint density at radius 2 is 2.20 bits per heavy atom. The van der Waals surface area contributed by atoms with Crippen LogP contribution in [0.3, 0.4) is 0 Å². The lowest BCUT2D eigenvalue weighted by Gasteiger charge is -2.06. The zero-order chi connectivity index (χ0) is 11.4. The van der Waals surface area contributed by atoms with E-state index in [2.05, 4.69) is 15.9 Å². The predicted molar refractivity (Wildman–Crippen MR) is 59.2 cm³/mol. The Kier molecular flexibility index (Phi) is 4.27. The van der Waals surface area contributed by atoms with E-state index in [9.17, 15) is 9.18 Å². The fourth-order valence-corrected chi connectivity index (χ4v) is 1.53. The van der Waals surface area contributed by atoms with Crippen molar-refractivity contribution in [3.8, 4) is 0 Å². The molecule has 4 heteroatoms. The van der Waals surface area contributed by atoms with E-state index < -0.39 is 5.97 Å². The third kappa shape index (κ3) is 3.02. The SMILES string of the molecule is CCOC(=O)Cc1ccc(Br)c(C)c1F. The molecule has 0 saturated heterocycles. The van der Waals surface area contributed by atoms with Crippen LogP contribution < -0.4 is 0 Å². The van der Waals surface area contributed by atoms with Crippen molar-refractivity contribution >= 4 is 21.9 Å². The molecule has 0 aliphatic heterocycles. The molecule has 0 N–H and O–H groups in total. The van der Waals surface area contributed by atoms with Crippen LogP contribution >= 0.6 is 15.9 Å². The molecule has 0 amide bonds. The summed E-state index contributed by atoms with van der Waals surface area (Å²) in [6.07, 6.45) is -0.0200. The number of rotatable bonds is 3. The van der Waals surface area contributed by atoms with Crippen molar-refractivity contribution in [2.75, 3.05) is 6.61 Å². The summed E-state index contributed by atoms with van der Waals surface area (Å²) in [5.74, 6) is -0.754. The zero-order valence-corrected chi connectivity index (χ0v) is 10.2. The van der Waals surface area contributed by atoms with Crippen molar-refractivity contribution in [3.05, 3.63) is 33.5 Å². The molecule has 0 saturated carbocycles. The number of esters is 1. The minimum absolute atomic E-state index is 0.0200. The summed E-state index contributed by atoms with van der Waals surface area (Å²) in [4.78, 5) is 11.2. The molecule has 2 nitrogen and oxygen atoms in total. The lowest BCUT2D eigenvalue weighted by molar-refractivity contribution is -0.142. The van der Waals surface area contributed by atoms with Gasteiger partial charge in [0.05, 0.1) is 13.0 Å². The van der Waals surface area contributed by atoms with Crippen LogP contribution in [0.5, 0.6) is 0 Å². The number of carbonyl (C=O) groups is 1. The lowest BCUT2D eigenvalue weighted by atomic mass is 10.1. The Morgan fingerprint density at radius 1 is 1.53 bits per heavy atom. The predicted octanol–water partition coefficient (Wildman–Crippen LogP) is 3.00. The molecular weight excluding hydrogens is 263 g/mol. The van der Waals surface area contributed by atoms with Gasteiger partial charge in [-0.3, -0.25) is 4.79 Å². The third-order valence-corrected chi connectivity index (χ3v) is 2.90. The second-order valence-electron chi connectivity index (χ2n) is 3.13. The number of halogens is 2. The Labute approximate surface area is 96.6 Å². The van der Waals surface area contributed by atoms with Crippen molar-refractivity contribution in [1.29, 1.82) is 0 Å². The van der Waals surface area contributed by atoms with E-state index in [1.807, 2.05) is 0 Å². The molecule has 1 rings (SSSR count). The Hall–Kier alpha value is -0.900. The summed E-state index contributed by atoms with van der Waals surface area (Å²) in [5.41, 5.74) is 0.881. The second-order valence-corrected chi connectivity index (χ2v) is 3.98. The summed E-state index contributed by atoms with van der Waals surface area (Å²) in [6, 6.07) is 3.32. The molecule has 0 heterocycles. The minimum Gasteiger partial charge on any atom is -0.466 e.